The third-order valence-corrected chi connectivity index (χ3v) is 2.50. The van der Waals surface area contributed by atoms with E-state index in [2.05, 4.69) is 10.2 Å². The zero-order valence-electron chi connectivity index (χ0n) is 10.1. The maximum Gasteiger partial charge on any atom is 0.322 e. The van der Waals surface area contributed by atoms with Crippen molar-refractivity contribution >= 4 is 11.7 Å². The molecule has 0 bridgehead atoms. The second-order valence-corrected chi connectivity index (χ2v) is 3.74. The third-order valence-electron chi connectivity index (χ3n) is 2.50. The number of benzene rings is 1. The van der Waals surface area contributed by atoms with Crippen molar-refractivity contribution < 1.29 is 8.81 Å². The molecular formula is C12H15FN4O. The number of rotatable bonds is 5. The van der Waals surface area contributed by atoms with Crippen LogP contribution in [-0.4, -0.2) is 23.3 Å². The topological polar surface area (TPSA) is 68.2 Å². The van der Waals surface area contributed by atoms with E-state index in [0.29, 0.717) is 31.4 Å². The predicted octanol–water partition coefficient (Wildman–Crippen LogP) is 1.87. The van der Waals surface area contributed by atoms with Gasteiger partial charge in [0.2, 0.25) is 5.89 Å². The molecule has 18 heavy (non-hydrogen) atoms. The maximum atomic E-state index is 12.9. The summed E-state index contributed by atoms with van der Waals surface area (Å²) < 4.78 is 18.4. The summed E-state index contributed by atoms with van der Waals surface area (Å²) in [5, 5.41) is 7.87. The molecule has 0 aliphatic carbocycles. The van der Waals surface area contributed by atoms with Crippen molar-refractivity contribution in [3.8, 4) is 0 Å². The molecule has 1 aromatic heterocycles. The smallest absolute Gasteiger partial charge is 0.322 e. The first kappa shape index (κ1) is 12.5. The van der Waals surface area contributed by atoms with Gasteiger partial charge in [-0.3, -0.25) is 4.90 Å². The Labute approximate surface area is 104 Å². The number of halogens is 1. The lowest BCUT2D eigenvalue weighted by Gasteiger charge is -2.17. The summed E-state index contributed by atoms with van der Waals surface area (Å²) in [6, 6.07) is 6.54. The molecule has 0 atom stereocenters. The molecule has 5 nitrogen and oxygen atoms in total. The highest BCUT2D eigenvalue weighted by Crippen LogP contribution is 2.23. The van der Waals surface area contributed by atoms with Gasteiger partial charge < -0.3 is 10.2 Å². The molecule has 0 aliphatic rings. The van der Waals surface area contributed by atoms with Crippen LogP contribution >= 0.6 is 0 Å². The van der Waals surface area contributed by atoms with Gasteiger partial charge in [0.1, 0.15) is 5.82 Å². The third kappa shape index (κ3) is 2.65. The van der Waals surface area contributed by atoms with Crippen molar-refractivity contribution in [1.29, 1.82) is 0 Å². The van der Waals surface area contributed by atoms with Crippen LogP contribution in [0.15, 0.2) is 28.7 Å². The molecule has 0 amide bonds. The minimum atomic E-state index is -0.274. The fourth-order valence-electron chi connectivity index (χ4n) is 1.63. The van der Waals surface area contributed by atoms with Gasteiger partial charge in [-0.25, -0.2) is 4.39 Å². The fraction of sp³-hybridized carbons (Fsp3) is 0.333. The number of hydrogen-bond donors (Lipinski definition) is 1. The summed E-state index contributed by atoms with van der Waals surface area (Å²) in [4.78, 5) is 1.81. The highest BCUT2D eigenvalue weighted by atomic mass is 19.1. The van der Waals surface area contributed by atoms with E-state index < -0.39 is 0 Å². The SMILES string of the molecule is CCN(c1ccc(F)cc1)c1nnc(CCN)o1. The molecule has 0 saturated heterocycles. The standard InChI is InChI=1S/C12H15FN4O/c1-2-17(10-5-3-9(13)4-6-10)12-16-15-11(18-12)7-8-14/h3-6H,2,7-8,14H2,1H3. The normalized spacial score (nSPS) is 10.6. The van der Waals surface area contributed by atoms with Crippen LogP contribution in [0.3, 0.4) is 0 Å². The van der Waals surface area contributed by atoms with Gasteiger partial charge in [0.15, 0.2) is 0 Å². The van der Waals surface area contributed by atoms with Crippen LogP contribution in [0.25, 0.3) is 0 Å². The van der Waals surface area contributed by atoms with Crippen molar-refractivity contribution in [3.05, 3.63) is 36.0 Å². The van der Waals surface area contributed by atoms with E-state index in [1.54, 1.807) is 12.1 Å². The molecule has 1 aromatic carbocycles. The van der Waals surface area contributed by atoms with Gasteiger partial charge in [0.25, 0.3) is 0 Å². The van der Waals surface area contributed by atoms with Crippen LogP contribution in [0.2, 0.25) is 0 Å². The minimum absolute atomic E-state index is 0.274. The minimum Gasteiger partial charge on any atom is -0.408 e. The average Bonchev–Trinajstić information content (AvgIpc) is 2.82. The molecule has 96 valence electrons. The molecule has 0 radical (unpaired) electrons. The summed E-state index contributed by atoms with van der Waals surface area (Å²) >= 11 is 0. The molecule has 2 N–H and O–H groups in total. The summed E-state index contributed by atoms with van der Waals surface area (Å²) in [5.74, 6) is 0.234. The Morgan fingerprint density at radius 3 is 2.61 bits per heavy atom. The first-order chi connectivity index (χ1) is 8.74. The van der Waals surface area contributed by atoms with Crippen molar-refractivity contribution in [2.24, 2.45) is 5.73 Å². The molecule has 2 aromatic rings. The summed E-state index contributed by atoms with van der Waals surface area (Å²) in [7, 11) is 0. The Bertz CT molecular complexity index is 497. The highest BCUT2D eigenvalue weighted by molar-refractivity contribution is 5.55. The Kier molecular flexibility index (Phi) is 3.88. The second-order valence-electron chi connectivity index (χ2n) is 3.74. The molecule has 2 rings (SSSR count). The lowest BCUT2D eigenvalue weighted by molar-refractivity contribution is 0.496. The molecule has 0 fully saturated rings. The van der Waals surface area contributed by atoms with Crippen molar-refractivity contribution in [2.45, 2.75) is 13.3 Å². The van der Waals surface area contributed by atoms with Crippen molar-refractivity contribution in [1.82, 2.24) is 10.2 Å². The Morgan fingerprint density at radius 1 is 1.28 bits per heavy atom. The van der Waals surface area contributed by atoms with Crippen LogP contribution < -0.4 is 10.6 Å². The first-order valence-electron chi connectivity index (χ1n) is 5.80. The number of anilines is 2. The van der Waals surface area contributed by atoms with Crippen molar-refractivity contribution in [3.63, 3.8) is 0 Å². The molecular weight excluding hydrogens is 235 g/mol. The Morgan fingerprint density at radius 2 is 2.00 bits per heavy atom. The maximum absolute atomic E-state index is 12.9. The van der Waals surface area contributed by atoms with Crippen LogP contribution in [0.5, 0.6) is 0 Å². The zero-order valence-corrected chi connectivity index (χ0v) is 10.1. The summed E-state index contributed by atoms with van der Waals surface area (Å²) in [5.41, 5.74) is 6.23. The predicted molar refractivity (Wildman–Crippen MR) is 66.1 cm³/mol. The Balaban J connectivity index is 2.24. The van der Waals surface area contributed by atoms with Gasteiger partial charge in [-0.05, 0) is 31.2 Å². The quantitative estimate of drug-likeness (QED) is 0.877. The summed E-state index contributed by atoms with van der Waals surface area (Å²) in [6.07, 6.45) is 0.550. The van der Waals surface area contributed by atoms with Crippen LogP contribution in [0, 0.1) is 5.82 Å². The van der Waals surface area contributed by atoms with E-state index in [9.17, 15) is 4.39 Å². The number of nitrogens with zero attached hydrogens (tertiary/aromatic N) is 3. The molecule has 0 saturated carbocycles. The number of nitrogens with two attached hydrogens (primary N) is 1. The van der Waals surface area contributed by atoms with Crippen molar-refractivity contribution in [2.75, 3.05) is 18.0 Å². The van der Waals surface area contributed by atoms with E-state index in [4.69, 9.17) is 10.2 Å². The van der Waals surface area contributed by atoms with E-state index in [0.717, 1.165) is 5.69 Å². The monoisotopic (exact) mass is 250 g/mol. The van der Waals surface area contributed by atoms with Gasteiger partial charge in [0, 0.05) is 25.2 Å². The largest absolute Gasteiger partial charge is 0.408 e. The number of aromatic nitrogens is 2. The molecule has 0 unspecified atom stereocenters. The molecule has 1 heterocycles. The van der Waals surface area contributed by atoms with E-state index in [-0.39, 0.29) is 5.82 Å². The fourth-order valence-corrected chi connectivity index (χ4v) is 1.63. The van der Waals surface area contributed by atoms with Gasteiger partial charge in [-0.15, -0.1) is 5.10 Å². The molecule has 0 spiro atoms. The van der Waals surface area contributed by atoms with E-state index in [1.807, 2.05) is 11.8 Å². The van der Waals surface area contributed by atoms with Crippen LogP contribution in [-0.2, 0) is 6.42 Å². The number of hydrogen-bond acceptors (Lipinski definition) is 5. The van der Waals surface area contributed by atoms with Gasteiger partial charge in [-0.2, -0.15) is 0 Å². The van der Waals surface area contributed by atoms with E-state index in [1.165, 1.54) is 12.1 Å². The lowest BCUT2D eigenvalue weighted by atomic mass is 10.3. The van der Waals surface area contributed by atoms with Crippen LogP contribution in [0.1, 0.15) is 12.8 Å². The lowest BCUT2D eigenvalue weighted by Crippen LogP contribution is -2.16. The molecule has 0 aliphatic heterocycles. The highest BCUT2D eigenvalue weighted by Gasteiger charge is 2.14. The Hall–Kier alpha value is -1.95. The zero-order chi connectivity index (χ0) is 13.0. The average molecular weight is 250 g/mol. The first-order valence-corrected chi connectivity index (χ1v) is 5.80. The van der Waals surface area contributed by atoms with Crippen LogP contribution in [0.4, 0.5) is 16.1 Å². The van der Waals surface area contributed by atoms with Gasteiger partial charge in [0.05, 0.1) is 0 Å². The van der Waals surface area contributed by atoms with Gasteiger partial charge >= 0.3 is 6.01 Å². The van der Waals surface area contributed by atoms with Gasteiger partial charge in [-0.1, -0.05) is 5.10 Å². The van der Waals surface area contributed by atoms with E-state index >= 15 is 0 Å². The second kappa shape index (κ2) is 5.59. The summed E-state index contributed by atoms with van der Waals surface area (Å²) in [6.45, 7) is 3.07. The molecule has 6 heteroatoms.